The molecule has 1 aliphatic rings. The maximum atomic E-state index is 12.3. The smallest absolute Gasteiger partial charge is 0.335 e. The van der Waals surface area contributed by atoms with E-state index in [0.29, 0.717) is 25.3 Å². The summed E-state index contributed by atoms with van der Waals surface area (Å²) >= 11 is 0. The van der Waals surface area contributed by atoms with Gasteiger partial charge in [0.15, 0.2) is 0 Å². The van der Waals surface area contributed by atoms with E-state index in [1.807, 2.05) is 6.92 Å². The molecule has 1 N–H and O–H groups in total. The normalized spacial score (nSPS) is 19.4. The molecule has 0 aromatic heterocycles. The predicted molar refractivity (Wildman–Crippen MR) is 73.7 cm³/mol. The lowest BCUT2D eigenvalue weighted by molar-refractivity contribution is -0.131. The van der Waals surface area contributed by atoms with Crippen molar-refractivity contribution in [2.45, 2.75) is 25.9 Å². The number of hydrogen-bond acceptors (Lipinski definition) is 3. The van der Waals surface area contributed by atoms with E-state index in [1.54, 1.807) is 23.1 Å². The molecule has 108 valence electrons. The van der Waals surface area contributed by atoms with E-state index in [0.717, 1.165) is 6.42 Å². The first-order valence-corrected chi connectivity index (χ1v) is 6.78. The Morgan fingerprint density at radius 2 is 2.15 bits per heavy atom. The fourth-order valence-corrected chi connectivity index (χ4v) is 2.38. The van der Waals surface area contributed by atoms with Gasteiger partial charge in [0, 0.05) is 19.7 Å². The monoisotopic (exact) mass is 277 g/mol. The van der Waals surface area contributed by atoms with Crippen LogP contribution in [-0.2, 0) is 16.0 Å². The lowest BCUT2D eigenvalue weighted by atomic mass is 10.0. The highest BCUT2D eigenvalue weighted by atomic mass is 16.5. The highest BCUT2D eigenvalue weighted by molar-refractivity contribution is 5.91. The predicted octanol–water partition coefficient (Wildman–Crippen LogP) is 1.56. The van der Waals surface area contributed by atoms with Gasteiger partial charge in [0.2, 0.25) is 5.91 Å². The number of carboxylic acid groups (broad SMARTS) is 1. The van der Waals surface area contributed by atoms with Gasteiger partial charge in [-0.25, -0.2) is 4.79 Å². The first-order valence-electron chi connectivity index (χ1n) is 6.78. The second kappa shape index (κ2) is 6.52. The van der Waals surface area contributed by atoms with Gasteiger partial charge in [-0.05, 0) is 25.0 Å². The number of amides is 1. The lowest BCUT2D eigenvalue weighted by Crippen LogP contribution is -2.37. The molecule has 1 aliphatic heterocycles. The second-order valence-electron chi connectivity index (χ2n) is 5.01. The number of nitrogens with zero attached hydrogens (tertiary/aromatic N) is 1. The number of aromatic carboxylic acids is 1. The molecular formula is C15H19NO4. The molecule has 1 aromatic rings. The number of benzene rings is 1. The lowest BCUT2D eigenvalue weighted by Gasteiger charge is -2.22. The fourth-order valence-electron chi connectivity index (χ4n) is 2.38. The van der Waals surface area contributed by atoms with Crippen LogP contribution >= 0.6 is 0 Å². The SMILES string of the molecule is CC1CN(C(=O)Cc2ccccc2C(=O)O)CCCO1. The fraction of sp³-hybridized carbons (Fsp3) is 0.467. The third kappa shape index (κ3) is 3.57. The molecule has 0 aliphatic carbocycles. The van der Waals surface area contributed by atoms with Gasteiger partial charge < -0.3 is 14.7 Å². The van der Waals surface area contributed by atoms with E-state index in [4.69, 9.17) is 9.84 Å². The molecule has 0 saturated carbocycles. The van der Waals surface area contributed by atoms with Crippen molar-refractivity contribution in [3.05, 3.63) is 35.4 Å². The van der Waals surface area contributed by atoms with E-state index >= 15 is 0 Å². The maximum absolute atomic E-state index is 12.3. The van der Waals surface area contributed by atoms with Crippen molar-refractivity contribution in [2.24, 2.45) is 0 Å². The van der Waals surface area contributed by atoms with Crippen LogP contribution in [0.3, 0.4) is 0 Å². The van der Waals surface area contributed by atoms with Crippen LogP contribution in [0, 0.1) is 0 Å². The Morgan fingerprint density at radius 3 is 2.90 bits per heavy atom. The molecule has 1 unspecified atom stereocenters. The third-order valence-electron chi connectivity index (χ3n) is 3.39. The average molecular weight is 277 g/mol. The Labute approximate surface area is 118 Å². The van der Waals surface area contributed by atoms with Crippen LogP contribution in [0.2, 0.25) is 0 Å². The molecule has 0 spiro atoms. The van der Waals surface area contributed by atoms with Crippen molar-refractivity contribution in [1.82, 2.24) is 4.90 Å². The number of carbonyl (C=O) groups is 2. The molecule has 1 atom stereocenters. The second-order valence-corrected chi connectivity index (χ2v) is 5.01. The number of rotatable bonds is 3. The molecule has 1 saturated heterocycles. The standard InChI is InChI=1S/C15H19NO4/c1-11-10-16(7-4-8-20-11)14(17)9-12-5-2-3-6-13(12)15(18)19/h2-3,5-6,11H,4,7-10H2,1H3,(H,18,19). The van der Waals surface area contributed by atoms with Crippen molar-refractivity contribution >= 4 is 11.9 Å². The van der Waals surface area contributed by atoms with Crippen LogP contribution in [-0.4, -0.2) is 47.7 Å². The maximum Gasteiger partial charge on any atom is 0.335 e. The molecule has 0 bridgehead atoms. The van der Waals surface area contributed by atoms with Gasteiger partial charge >= 0.3 is 5.97 Å². The van der Waals surface area contributed by atoms with Gasteiger partial charge in [0.25, 0.3) is 0 Å². The van der Waals surface area contributed by atoms with E-state index in [-0.39, 0.29) is 24.0 Å². The number of carboxylic acids is 1. The van der Waals surface area contributed by atoms with Crippen molar-refractivity contribution in [2.75, 3.05) is 19.7 Å². The van der Waals surface area contributed by atoms with Crippen LogP contribution in [0.4, 0.5) is 0 Å². The minimum Gasteiger partial charge on any atom is -0.478 e. The summed E-state index contributed by atoms with van der Waals surface area (Å²) in [7, 11) is 0. The zero-order chi connectivity index (χ0) is 14.5. The Balaban J connectivity index is 2.09. The summed E-state index contributed by atoms with van der Waals surface area (Å²) in [6, 6.07) is 6.64. The first-order chi connectivity index (χ1) is 9.58. The first kappa shape index (κ1) is 14.5. The van der Waals surface area contributed by atoms with Crippen LogP contribution < -0.4 is 0 Å². The van der Waals surface area contributed by atoms with Gasteiger partial charge in [0.1, 0.15) is 0 Å². The average Bonchev–Trinajstić information content (AvgIpc) is 2.64. The Kier molecular flexibility index (Phi) is 4.74. The third-order valence-corrected chi connectivity index (χ3v) is 3.39. The van der Waals surface area contributed by atoms with Crippen molar-refractivity contribution in [1.29, 1.82) is 0 Å². The molecule has 1 aromatic carbocycles. The zero-order valence-corrected chi connectivity index (χ0v) is 11.5. The van der Waals surface area contributed by atoms with Crippen molar-refractivity contribution in [3.8, 4) is 0 Å². The minimum atomic E-state index is -0.999. The minimum absolute atomic E-state index is 0.0242. The molecule has 2 rings (SSSR count). The molecule has 5 nitrogen and oxygen atoms in total. The molecule has 1 fully saturated rings. The largest absolute Gasteiger partial charge is 0.478 e. The molecular weight excluding hydrogens is 258 g/mol. The number of carbonyl (C=O) groups excluding carboxylic acids is 1. The van der Waals surface area contributed by atoms with E-state index in [2.05, 4.69) is 0 Å². The number of hydrogen-bond donors (Lipinski definition) is 1. The van der Waals surface area contributed by atoms with Crippen LogP contribution in [0.1, 0.15) is 29.3 Å². The van der Waals surface area contributed by atoms with E-state index < -0.39 is 5.97 Å². The highest BCUT2D eigenvalue weighted by Gasteiger charge is 2.21. The van der Waals surface area contributed by atoms with Gasteiger partial charge in [-0.1, -0.05) is 18.2 Å². The van der Waals surface area contributed by atoms with Crippen LogP contribution in [0.25, 0.3) is 0 Å². The highest BCUT2D eigenvalue weighted by Crippen LogP contribution is 2.13. The van der Waals surface area contributed by atoms with E-state index in [9.17, 15) is 9.59 Å². The molecule has 20 heavy (non-hydrogen) atoms. The summed E-state index contributed by atoms with van der Waals surface area (Å²) in [5, 5.41) is 9.13. The summed E-state index contributed by atoms with van der Waals surface area (Å²) in [5.74, 6) is -1.04. The van der Waals surface area contributed by atoms with E-state index in [1.165, 1.54) is 6.07 Å². The van der Waals surface area contributed by atoms with Crippen LogP contribution in [0.15, 0.2) is 24.3 Å². The Morgan fingerprint density at radius 1 is 1.40 bits per heavy atom. The van der Waals surface area contributed by atoms with Crippen molar-refractivity contribution in [3.63, 3.8) is 0 Å². The summed E-state index contributed by atoms with van der Waals surface area (Å²) < 4.78 is 5.51. The summed E-state index contributed by atoms with van der Waals surface area (Å²) in [6.45, 7) is 3.83. The van der Waals surface area contributed by atoms with Gasteiger partial charge in [-0.15, -0.1) is 0 Å². The summed E-state index contributed by atoms with van der Waals surface area (Å²) in [4.78, 5) is 25.2. The molecule has 0 radical (unpaired) electrons. The molecule has 1 amide bonds. The zero-order valence-electron chi connectivity index (χ0n) is 11.5. The van der Waals surface area contributed by atoms with Gasteiger partial charge in [-0.2, -0.15) is 0 Å². The van der Waals surface area contributed by atoms with Gasteiger partial charge in [-0.3, -0.25) is 4.79 Å². The summed E-state index contributed by atoms with van der Waals surface area (Å²) in [5.41, 5.74) is 0.753. The summed E-state index contributed by atoms with van der Waals surface area (Å²) in [6.07, 6.45) is 0.961. The topological polar surface area (TPSA) is 66.8 Å². The van der Waals surface area contributed by atoms with Crippen molar-refractivity contribution < 1.29 is 19.4 Å². The number of ether oxygens (including phenoxy) is 1. The van der Waals surface area contributed by atoms with Crippen LogP contribution in [0.5, 0.6) is 0 Å². The Bertz CT molecular complexity index is 500. The molecule has 1 heterocycles. The quantitative estimate of drug-likeness (QED) is 0.910. The Hall–Kier alpha value is -1.88. The molecule has 5 heteroatoms. The van der Waals surface area contributed by atoms with Gasteiger partial charge in [0.05, 0.1) is 18.1 Å².